The first-order valence-corrected chi connectivity index (χ1v) is 8.72. The molecule has 0 radical (unpaired) electrons. The van der Waals surface area contributed by atoms with Crippen LogP contribution >= 0.6 is 22.9 Å². The van der Waals surface area contributed by atoms with Gasteiger partial charge in [-0.25, -0.2) is 9.78 Å². The molecule has 0 spiro atoms. The van der Waals surface area contributed by atoms with Crippen molar-refractivity contribution in [1.82, 2.24) is 14.8 Å². The Labute approximate surface area is 141 Å². The maximum absolute atomic E-state index is 12.3. The van der Waals surface area contributed by atoms with Gasteiger partial charge >= 0.3 is 6.09 Å². The van der Waals surface area contributed by atoms with Crippen LogP contribution in [0.25, 0.3) is 0 Å². The standard InChI is InChI=1S/C15H24ClN3O2S/c1-15(2,3)21-14(20)19-7-5-6-11(19)9-18(4)10-12-8-17-13(16)22-12/h8,11H,5-7,9-10H2,1-4H3/t11-/m0/s1. The van der Waals surface area contributed by atoms with Crippen LogP contribution < -0.4 is 0 Å². The number of ether oxygens (including phenoxy) is 1. The molecule has 1 saturated heterocycles. The molecule has 0 bridgehead atoms. The number of carbonyl (C=O) groups excluding carboxylic acids is 1. The highest BCUT2D eigenvalue weighted by Gasteiger charge is 2.32. The number of halogens is 1. The predicted molar refractivity (Wildman–Crippen MR) is 89.4 cm³/mol. The lowest BCUT2D eigenvalue weighted by atomic mass is 10.2. The molecule has 1 fully saturated rings. The highest BCUT2D eigenvalue weighted by molar-refractivity contribution is 7.15. The van der Waals surface area contributed by atoms with Gasteiger partial charge < -0.3 is 9.64 Å². The number of nitrogens with zero attached hydrogens (tertiary/aromatic N) is 3. The van der Waals surface area contributed by atoms with Crippen LogP contribution in [-0.4, -0.2) is 52.7 Å². The van der Waals surface area contributed by atoms with E-state index in [2.05, 4.69) is 16.9 Å². The predicted octanol–water partition coefficient (Wildman–Crippen LogP) is 3.63. The maximum Gasteiger partial charge on any atom is 0.410 e. The molecular formula is C15H24ClN3O2S. The molecule has 1 aromatic heterocycles. The van der Waals surface area contributed by atoms with Crippen molar-refractivity contribution < 1.29 is 9.53 Å². The van der Waals surface area contributed by atoms with Crippen LogP contribution in [0.1, 0.15) is 38.5 Å². The van der Waals surface area contributed by atoms with Crippen LogP contribution in [0.2, 0.25) is 4.47 Å². The molecule has 1 atom stereocenters. The molecule has 7 heteroatoms. The molecule has 2 heterocycles. The topological polar surface area (TPSA) is 45.7 Å². The summed E-state index contributed by atoms with van der Waals surface area (Å²) in [4.78, 5) is 21.5. The minimum Gasteiger partial charge on any atom is -0.444 e. The van der Waals surface area contributed by atoms with Crippen molar-refractivity contribution in [2.45, 2.75) is 51.8 Å². The molecule has 0 unspecified atom stereocenters. The minimum atomic E-state index is -0.449. The van der Waals surface area contributed by atoms with Gasteiger partial charge in [0.2, 0.25) is 0 Å². The zero-order valence-electron chi connectivity index (χ0n) is 13.6. The molecule has 0 aliphatic carbocycles. The van der Waals surface area contributed by atoms with Gasteiger partial charge in [0.25, 0.3) is 0 Å². The van der Waals surface area contributed by atoms with Gasteiger partial charge in [-0.1, -0.05) is 11.6 Å². The molecule has 0 aromatic carbocycles. The first-order chi connectivity index (χ1) is 10.2. The van der Waals surface area contributed by atoms with Crippen molar-refractivity contribution in [1.29, 1.82) is 0 Å². The summed E-state index contributed by atoms with van der Waals surface area (Å²) < 4.78 is 6.07. The van der Waals surface area contributed by atoms with E-state index in [-0.39, 0.29) is 12.1 Å². The highest BCUT2D eigenvalue weighted by atomic mass is 35.5. The van der Waals surface area contributed by atoms with Gasteiger partial charge in [-0.3, -0.25) is 4.90 Å². The smallest absolute Gasteiger partial charge is 0.410 e. The zero-order valence-corrected chi connectivity index (χ0v) is 15.2. The van der Waals surface area contributed by atoms with Gasteiger partial charge in [-0.05, 0) is 40.7 Å². The van der Waals surface area contributed by atoms with Gasteiger partial charge in [-0.15, -0.1) is 11.3 Å². The fourth-order valence-corrected chi connectivity index (χ4v) is 3.69. The third-order valence-corrected chi connectivity index (χ3v) is 4.58. The van der Waals surface area contributed by atoms with Crippen molar-refractivity contribution in [2.75, 3.05) is 20.1 Å². The van der Waals surface area contributed by atoms with E-state index in [1.54, 1.807) is 0 Å². The van der Waals surface area contributed by atoms with Crippen molar-refractivity contribution in [2.24, 2.45) is 0 Å². The SMILES string of the molecule is CN(Cc1cnc(Cl)s1)C[C@@H]1CCCN1C(=O)OC(C)(C)C. The summed E-state index contributed by atoms with van der Waals surface area (Å²) in [5.41, 5.74) is -0.449. The molecule has 1 aliphatic rings. The van der Waals surface area contributed by atoms with E-state index in [9.17, 15) is 4.79 Å². The summed E-state index contributed by atoms with van der Waals surface area (Å²) >= 11 is 7.36. The van der Waals surface area contributed by atoms with Crippen molar-refractivity contribution >= 4 is 29.0 Å². The third kappa shape index (κ3) is 5.11. The molecule has 2 rings (SSSR count). The second-order valence-corrected chi connectivity index (χ2v) is 8.44. The second kappa shape index (κ2) is 7.15. The number of rotatable bonds is 4. The largest absolute Gasteiger partial charge is 0.444 e. The van der Waals surface area contributed by atoms with E-state index in [0.29, 0.717) is 4.47 Å². The number of likely N-dealkylation sites (tertiary alicyclic amines) is 1. The lowest BCUT2D eigenvalue weighted by Gasteiger charge is -2.30. The van der Waals surface area contributed by atoms with Gasteiger partial charge in [-0.2, -0.15) is 0 Å². The Bertz CT molecular complexity index is 515. The van der Waals surface area contributed by atoms with E-state index < -0.39 is 5.60 Å². The Balaban J connectivity index is 1.89. The molecule has 1 amide bonds. The number of thiazole rings is 1. The number of amides is 1. The summed E-state index contributed by atoms with van der Waals surface area (Å²) in [6.07, 6.45) is 3.66. The van der Waals surface area contributed by atoms with Crippen molar-refractivity contribution in [3.05, 3.63) is 15.5 Å². The lowest BCUT2D eigenvalue weighted by Crippen LogP contribution is -2.44. The first-order valence-electron chi connectivity index (χ1n) is 7.53. The Morgan fingerprint density at radius 1 is 1.59 bits per heavy atom. The summed E-state index contributed by atoms with van der Waals surface area (Å²) in [5.74, 6) is 0. The minimum absolute atomic E-state index is 0.204. The van der Waals surface area contributed by atoms with E-state index in [1.165, 1.54) is 11.3 Å². The Kier molecular flexibility index (Phi) is 5.69. The summed E-state index contributed by atoms with van der Waals surface area (Å²) in [6, 6.07) is 0.211. The molecule has 1 aromatic rings. The van der Waals surface area contributed by atoms with E-state index in [4.69, 9.17) is 16.3 Å². The van der Waals surface area contributed by atoms with Gasteiger partial charge in [0.1, 0.15) is 5.60 Å². The van der Waals surface area contributed by atoms with E-state index in [1.807, 2.05) is 31.9 Å². The fourth-order valence-electron chi connectivity index (χ4n) is 2.63. The van der Waals surface area contributed by atoms with Gasteiger partial charge in [0.15, 0.2) is 4.47 Å². The zero-order chi connectivity index (χ0) is 16.3. The summed E-state index contributed by atoms with van der Waals surface area (Å²) in [7, 11) is 2.05. The maximum atomic E-state index is 12.3. The lowest BCUT2D eigenvalue weighted by molar-refractivity contribution is 0.0202. The van der Waals surface area contributed by atoms with Crippen LogP contribution in [0.4, 0.5) is 4.79 Å². The van der Waals surface area contributed by atoms with Crippen LogP contribution in [-0.2, 0) is 11.3 Å². The molecule has 5 nitrogen and oxygen atoms in total. The Morgan fingerprint density at radius 3 is 2.91 bits per heavy atom. The van der Waals surface area contributed by atoms with Crippen LogP contribution in [0.5, 0.6) is 0 Å². The fraction of sp³-hybridized carbons (Fsp3) is 0.733. The number of carbonyl (C=O) groups is 1. The second-order valence-electron chi connectivity index (χ2n) is 6.75. The number of hydrogen-bond donors (Lipinski definition) is 0. The monoisotopic (exact) mass is 345 g/mol. The molecule has 1 aliphatic heterocycles. The number of likely N-dealkylation sites (N-methyl/N-ethyl adjacent to an activating group) is 1. The highest BCUT2D eigenvalue weighted by Crippen LogP contribution is 2.23. The normalized spacial score (nSPS) is 19.0. The van der Waals surface area contributed by atoms with Crippen molar-refractivity contribution in [3.8, 4) is 0 Å². The Morgan fingerprint density at radius 2 is 2.32 bits per heavy atom. The molecule has 0 saturated carbocycles. The van der Waals surface area contributed by atoms with Crippen LogP contribution in [0, 0.1) is 0 Å². The molecule has 22 heavy (non-hydrogen) atoms. The quantitative estimate of drug-likeness (QED) is 0.836. The first kappa shape index (κ1) is 17.5. The third-order valence-electron chi connectivity index (χ3n) is 3.48. The van der Waals surface area contributed by atoms with E-state index in [0.717, 1.165) is 37.4 Å². The molecular weight excluding hydrogens is 322 g/mol. The van der Waals surface area contributed by atoms with Crippen LogP contribution in [0.3, 0.4) is 0 Å². The van der Waals surface area contributed by atoms with Gasteiger partial charge in [0, 0.05) is 36.8 Å². The van der Waals surface area contributed by atoms with Gasteiger partial charge in [0.05, 0.1) is 0 Å². The average Bonchev–Trinajstić information content (AvgIpc) is 2.96. The molecule has 124 valence electrons. The van der Waals surface area contributed by atoms with Crippen molar-refractivity contribution in [3.63, 3.8) is 0 Å². The number of hydrogen-bond acceptors (Lipinski definition) is 5. The average molecular weight is 346 g/mol. The summed E-state index contributed by atoms with van der Waals surface area (Å²) in [5, 5.41) is 0. The Hall–Kier alpha value is -0.850. The number of aromatic nitrogens is 1. The van der Waals surface area contributed by atoms with E-state index >= 15 is 0 Å². The molecule has 0 N–H and O–H groups in total. The van der Waals surface area contributed by atoms with Crippen LogP contribution in [0.15, 0.2) is 6.20 Å². The summed E-state index contributed by atoms with van der Waals surface area (Å²) in [6.45, 7) is 8.10.